The van der Waals surface area contributed by atoms with Gasteiger partial charge in [0.2, 0.25) is 0 Å². The minimum Gasteiger partial charge on any atom is -0.311 e. The first-order valence-electron chi connectivity index (χ1n) is 48.5. The van der Waals surface area contributed by atoms with Gasteiger partial charge in [-0.25, -0.2) is 15.0 Å². The molecule has 9 nitrogen and oxygen atoms in total. The van der Waals surface area contributed by atoms with Crippen molar-refractivity contribution < 1.29 is 0 Å². The molecule has 0 N–H and O–H groups in total. The van der Waals surface area contributed by atoms with Crippen molar-refractivity contribution in [2.24, 2.45) is 0 Å². The Bertz CT molecular complexity index is 6830. The first kappa shape index (κ1) is 86.7. The van der Waals surface area contributed by atoms with E-state index in [-0.39, 0.29) is 52.6 Å². The summed E-state index contributed by atoms with van der Waals surface area (Å²) in [4.78, 5) is 33.5. The molecule has 0 atom stereocenters. The van der Waals surface area contributed by atoms with Crippen LogP contribution in [-0.2, 0) is 32.5 Å². The van der Waals surface area contributed by atoms with Gasteiger partial charge in [0.15, 0.2) is 17.5 Å². The predicted octanol–water partition coefficient (Wildman–Crippen LogP) is 26.8. The summed E-state index contributed by atoms with van der Waals surface area (Å²) in [6.07, 6.45) is 0. The van der Waals surface area contributed by atoms with E-state index in [0.717, 1.165) is 84.9 Å². The van der Waals surface area contributed by atoms with Gasteiger partial charge in [0, 0.05) is 119 Å². The Morgan fingerprint density at radius 2 is 0.341 bits per heavy atom. The average molecular weight is 1760 g/mol. The summed E-state index contributed by atoms with van der Waals surface area (Å²) in [7, 11) is 0. The first-order chi connectivity index (χ1) is 64.1. The van der Waals surface area contributed by atoms with E-state index in [1.807, 2.05) is 0 Å². The number of benzene rings is 15. The van der Waals surface area contributed by atoms with Gasteiger partial charge in [-0.1, -0.05) is 285 Å². The van der Waals surface area contributed by atoms with Gasteiger partial charge in [0.1, 0.15) is 0 Å². The number of hydrogen-bond donors (Lipinski definition) is 0. The minimum atomic E-state index is -0.213. The molecule has 0 saturated heterocycles. The fourth-order valence-electron chi connectivity index (χ4n) is 21.9. The Balaban J connectivity index is 0.821. The maximum Gasteiger partial charge on any atom is 0.252 e. The van der Waals surface area contributed by atoms with E-state index in [0.29, 0.717) is 17.5 Å². The molecule has 666 valence electrons. The molecule has 12 heteroatoms. The van der Waals surface area contributed by atoms with E-state index >= 15 is 0 Å². The second kappa shape index (κ2) is 30.9. The lowest BCUT2D eigenvalue weighted by atomic mass is 9.33. The zero-order valence-corrected chi connectivity index (χ0v) is 83.0. The maximum absolute atomic E-state index is 6.06. The number of fused-ring (bicyclic) bond motifs is 12. The highest BCUT2D eigenvalue weighted by molar-refractivity contribution is 7.02. The van der Waals surface area contributed by atoms with Crippen molar-refractivity contribution >= 4 is 172 Å². The van der Waals surface area contributed by atoms with E-state index < -0.39 is 0 Å². The van der Waals surface area contributed by atoms with E-state index in [2.05, 4.69) is 487 Å². The van der Waals surface area contributed by atoms with E-state index in [1.54, 1.807) is 0 Å². The summed E-state index contributed by atoms with van der Waals surface area (Å²) < 4.78 is 0. The fraction of sp³-hybridized carbons (Fsp3) is 0.244. The molecule has 7 heterocycles. The summed E-state index contributed by atoms with van der Waals surface area (Å²) in [5.74, 6) is 1.74. The van der Waals surface area contributed by atoms with Gasteiger partial charge < -0.3 is 29.4 Å². The molecule has 0 unspecified atom stereocenters. The van der Waals surface area contributed by atoms with Gasteiger partial charge in [-0.15, -0.1) is 0 Å². The molecular formula is C123H120B3N9. The number of nitrogens with zero attached hydrogens (tertiary/aromatic N) is 9. The van der Waals surface area contributed by atoms with Gasteiger partial charge in [-0.3, -0.25) is 0 Å². The summed E-state index contributed by atoms with van der Waals surface area (Å²) in [6.45, 7) is 54.7. The largest absolute Gasteiger partial charge is 0.311 e. The molecule has 6 aliphatic heterocycles. The molecule has 0 spiro atoms. The zero-order chi connectivity index (χ0) is 94.2. The van der Waals surface area contributed by atoms with Crippen LogP contribution in [0.25, 0.3) is 34.2 Å². The third-order valence-electron chi connectivity index (χ3n) is 29.5. The van der Waals surface area contributed by atoms with Crippen molar-refractivity contribution in [1.82, 2.24) is 15.0 Å². The summed E-state index contributed by atoms with van der Waals surface area (Å²) >= 11 is 0. The molecule has 0 saturated carbocycles. The smallest absolute Gasteiger partial charge is 0.252 e. The van der Waals surface area contributed by atoms with E-state index in [9.17, 15) is 0 Å². The fourth-order valence-corrected chi connectivity index (χ4v) is 21.9. The van der Waals surface area contributed by atoms with Crippen LogP contribution in [0.1, 0.15) is 191 Å². The van der Waals surface area contributed by atoms with Crippen molar-refractivity contribution in [3.8, 4) is 34.2 Å². The van der Waals surface area contributed by atoms with Crippen LogP contribution in [0.5, 0.6) is 0 Å². The monoisotopic (exact) mass is 1760 g/mol. The first-order valence-corrected chi connectivity index (χ1v) is 48.5. The third kappa shape index (κ3) is 14.5. The lowest BCUT2D eigenvalue weighted by Crippen LogP contribution is -2.61. The van der Waals surface area contributed by atoms with Crippen LogP contribution >= 0.6 is 0 Å². The van der Waals surface area contributed by atoms with Gasteiger partial charge in [0.25, 0.3) is 20.1 Å². The van der Waals surface area contributed by atoms with Gasteiger partial charge >= 0.3 is 0 Å². The maximum atomic E-state index is 6.06. The number of anilines is 18. The number of rotatable bonds is 9. The Kier molecular flexibility index (Phi) is 19.9. The van der Waals surface area contributed by atoms with Crippen LogP contribution in [0, 0.1) is 41.5 Å². The highest BCUT2D eigenvalue weighted by Gasteiger charge is 2.50. The van der Waals surface area contributed by atoms with Crippen molar-refractivity contribution in [2.45, 2.75) is 199 Å². The van der Waals surface area contributed by atoms with Gasteiger partial charge in [0.05, 0.1) is 0 Å². The summed E-state index contributed by atoms with van der Waals surface area (Å²) in [6, 6.07) is 113. The highest BCUT2D eigenvalue weighted by atomic mass is 15.2. The van der Waals surface area contributed by atoms with Crippen molar-refractivity contribution in [1.29, 1.82) is 0 Å². The van der Waals surface area contributed by atoms with Crippen LogP contribution in [0.3, 0.4) is 0 Å². The van der Waals surface area contributed by atoms with Crippen LogP contribution in [0.4, 0.5) is 102 Å². The Hall–Kier alpha value is -13.7. The molecule has 6 aliphatic rings. The lowest BCUT2D eigenvalue weighted by Gasteiger charge is -2.45. The molecular weight excluding hydrogens is 1640 g/mol. The zero-order valence-electron chi connectivity index (χ0n) is 83.0. The molecule has 15 aromatic carbocycles. The van der Waals surface area contributed by atoms with Crippen LogP contribution in [0.15, 0.2) is 291 Å². The van der Waals surface area contributed by atoms with Crippen LogP contribution in [-0.4, -0.2) is 35.1 Å². The van der Waals surface area contributed by atoms with Crippen LogP contribution in [0.2, 0.25) is 0 Å². The average Bonchev–Trinajstić information content (AvgIpc) is 0.701. The molecule has 1 aromatic heterocycles. The summed E-state index contributed by atoms with van der Waals surface area (Å²) in [5.41, 5.74) is 48.2. The topological polar surface area (TPSA) is 58.1 Å². The molecule has 22 rings (SSSR count). The SMILES string of the molecule is Cc1ccc(N2c3ccc(C)cc3B3c4cc(-c5nc(-c6ccc7c(c6)B6c8cc(C)ccc8N(c8ccc(C)cc8)c8cc(C(C)(C)C)cc(c86)N7c6ccc(C(C)(C)C)cc6)nc(-c6ccc7c(c6)B6c8cc(C)ccc8N(c8ccc(C)cc8)c8cc(C(C)(C)C)cc(c86)N7c6ccc(C(C)(C)C)cc6)n5)ccc4N(c4ccc(C(C)(C)C)cc4)c4cc(C(C)(C)C)cc2c43)cc1. The van der Waals surface area contributed by atoms with Crippen molar-refractivity contribution in [3.05, 3.63) is 358 Å². The Morgan fingerprint density at radius 1 is 0.170 bits per heavy atom. The Labute approximate surface area is 801 Å². The highest BCUT2D eigenvalue weighted by Crippen LogP contribution is 2.53. The lowest BCUT2D eigenvalue weighted by molar-refractivity contribution is 0.590. The summed E-state index contributed by atoms with van der Waals surface area (Å²) in [5, 5.41) is 0. The second-order valence-electron chi connectivity index (χ2n) is 45.6. The van der Waals surface area contributed by atoms with E-state index in [4.69, 9.17) is 15.0 Å². The molecule has 0 radical (unpaired) electrons. The number of hydrogen-bond acceptors (Lipinski definition) is 9. The number of aryl methyl sites for hydroxylation is 6. The molecule has 0 fully saturated rings. The standard InChI is InChI=1S/C123H120B3N9/c1-73-25-43-88(44-26-73)130-100-55-31-76(4)61-94(100)124-97-64-79(34-58-103(97)133(91-49-37-82(38-50-91)118(7,8)9)109-70-85(121(16,17)18)67-106(130)112(109)124)115-127-116(80-35-59-104-98(65-80)125-95-62-77(5)32-56-101(95)131(89-45-27-74(2)28-46-89)107-68-86(122(19,20)21)71-110(113(107)125)134(104)92-51-39-83(40-52-92)119(10,11)12)129-117(128-115)81-36-60-105-99(66-81)126-96-63-78(6)33-57-102(96)132(90-47-29-75(3)30-48-90)108-69-87(123(22,23)24)72-111(114(108)126)135(105)93-53-41-84(42-54-93)120(13,14)15/h25-72H,1-24H3. The normalized spacial score (nSPS) is 14.1. The molecule has 16 aromatic rings. The predicted molar refractivity (Wildman–Crippen MR) is 579 cm³/mol. The van der Waals surface area contributed by atoms with Crippen LogP contribution < -0.4 is 78.6 Å². The quantitative estimate of drug-likeness (QED) is 0.132. The minimum absolute atomic E-state index is 0.0653. The third-order valence-corrected chi connectivity index (χ3v) is 29.5. The Morgan fingerprint density at radius 3 is 0.533 bits per heavy atom. The van der Waals surface area contributed by atoms with Gasteiger partial charge in [-0.05, 0) is 320 Å². The molecule has 135 heavy (non-hydrogen) atoms. The van der Waals surface area contributed by atoms with E-state index in [1.165, 1.54) is 150 Å². The van der Waals surface area contributed by atoms with Gasteiger partial charge in [-0.2, -0.15) is 0 Å². The molecule has 0 aliphatic carbocycles. The second-order valence-corrected chi connectivity index (χ2v) is 45.6. The number of aromatic nitrogens is 3. The van der Waals surface area contributed by atoms with Crippen molar-refractivity contribution in [2.75, 3.05) is 29.4 Å². The molecule has 0 bridgehead atoms. The molecule has 0 amide bonds. The van der Waals surface area contributed by atoms with Crippen molar-refractivity contribution in [3.63, 3.8) is 0 Å².